The van der Waals surface area contributed by atoms with Crippen LogP contribution >= 0.6 is 11.5 Å². The lowest BCUT2D eigenvalue weighted by Crippen LogP contribution is -2.23. The number of rotatable bonds is 4. The first-order chi connectivity index (χ1) is 8.63. The van der Waals surface area contributed by atoms with Gasteiger partial charge in [0.25, 0.3) is 0 Å². The Labute approximate surface area is 108 Å². The lowest BCUT2D eigenvalue weighted by Gasteiger charge is -2.17. The minimum Gasteiger partial charge on any atom is -0.306 e. The zero-order valence-electron chi connectivity index (χ0n) is 10.1. The maximum absolute atomic E-state index is 13.8. The van der Waals surface area contributed by atoms with E-state index in [0.717, 1.165) is 22.7 Å². The van der Waals surface area contributed by atoms with Gasteiger partial charge in [-0.25, -0.2) is 8.78 Å². The quantitative estimate of drug-likeness (QED) is 0.927. The Morgan fingerprint density at radius 3 is 2.78 bits per heavy atom. The summed E-state index contributed by atoms with van der Waals surface area (Å²) in [7, 11) is 0. The van der Waals surface area contributed by atoms with E-state index in [1.54, 1.807) is 6.92 Å². The first kappa shape index (κ1) is 13.0. The molecule has 6 heteroatoms. The van der Waals surface area contributed by atoms with Crippen LogP contribution in [-0.4, -0.2) is 16.1 Å². The number of nitrogens with zero attached hydrogens (tertiary/aromatic N) is 2. The fraction of sp³-hybridized carbons (Fsp3) is 0.333. The fourth-order valence-electron chi connectivity index (χ4n) is 1.79. The van der Waals surface area contributed by atoms with E-state index in [1.165, 1.54) is 17.6 Å². The van der Waals surface area contributed by atoms with Gasteiger partial charge >= 0.3 is 0 Å². The van der Waals surface area contributed by atoms with Gasteiger partial charge in [0, 0.05) is 5.56 Å². The molecule has 0 spiro atoms. The summed E-state index contributed by atoms with van der Waals surface area (Å²) in [6.07, 6.45) is 0. The summed E-state index contributed by atoms with van der Waals surface area (Å²) in [5, 5.41) is 7.04. The van der Waals surface area contributed by atoms with Crippen molar-refractivity contribution < 1.29 is 8.78 Å². The molecule has 0 bridgehead atoms. The molecule has 0 fully saturated rings. The van der Waals surface area contributed by atoms with Crippen molar-refractivity contribution in [3.63, 3.8) is 0 Å². The van der Waals surface area contributed by atoms with Crippen LogP contribution < -0.4 is 5.32 Å². The maximum atomic E-state index is 13.8. The summed E-state index contributed by atoms with van der Waals surface area (Å²) in [6.45, 7) is 4.35. The highest BCUT2D eigenvalue weighted by atomic mass is 32.1. The highest BCUT2D eigenvalue weighted by molar-refractivity contribution is 7.05. The lowest BCUT2D eigenvalue weighted by molar-refractivity contribution is 0.547. The molecule has 3 nitrogen and oxygen atoms in total. The molecular weight excluding hydrogens is 256 g/mol. The Morgan fingerprint density at radius 1 is 1.39 bits per heavy atom. The first-order valence-electron chi connectivity index (χ1n) is 5.60. The second-order valence-corrected chi connectivity index (χ2v) is 4.66. The Kier molecular flexibility index (Phi) is 3.98. The third-order valence-corrected chi connectivity index (χ3v) is 3.52. The third-order valence-electron chi connectivity index (χ3n) is 2.63. The van der Waals surface area contributed by atoms with Crippen LogP contribution in [0.3, 0.4) is 0 Å². The van der Waals surface area contributed by atoms with Crippen LogP contribution in [0.1, 0.15) is 29.1 Å². The summed E-state index contributed by atoms with van der Waals surface area (Å²) in [5.41, 5.74) is 1.01. The van der Waals surface area contributed by atoms with Gasteiger partial charge in [0.2, 0.25) is 0 Å². The number of nitrogens with one attached hydrogen (secondary N) is 1. The number of aromatic nitrogens is 2. The molecule has 0 saturated carbocycles. The molecule has 2 rings (SSSR count). The molecule has 1 aromatic heterocycles. The van der Waals surface area contributed by atoms with Crippen LogP contribution in [-0.2, 0) is 0 Å². The van der Waals surface area contributed by atoms with Crippen molar-refractivity contribution in [3.8, 4) is 0 Å². The van der Waals surface area contributed by atoms with Gasteiger partial charge in [0.1, 0.15) is 11.6 Å². The SMILES string of the molecule is CCNC(c1cc(F)ccc1F)c1snnc1C. The van der Waals surface area contributed by atoms with Crippen LogP contribution in [0.5, 0.6) is 0 Å². The number of halogens is 2. The second-order valence-electron chi connectivity index (χ2n) is 3.88. The van der Waals surface area contributed by atoms with Gasteiger partial charge in [-0.2, -0.15) is 0 Å². The van der Waals surface area contributed by atoms with E-state index < -0.39 is 17.7 Å². The van der Waals surface area contributed by atoms with E-state index in [-0.39, 0.29) is 5.56 Å². The molecule has 1 atom stereocenters. The lowest BCUT2D eigenvalue weighted by atomic mass is 10.0. The Balaban J connectivity index is 2.48. The average Bonchev–Trinajstić information content (AvgIpc) is 2.76. The summed E-state index contributed by atoms with van der Waals surface area (Å²) in [6, 6.07) is 3.05. The van der Waals surface area contributed by atoms with Crippen LogP contribution in [0.15, 0.2) is 18.2 Å². The van der Waals surface area contributed by atoms with Crippen LogP contribution in [0.2, 0.25) is 0 Å². The van der Waals surface area contributed by atoms with Crippen molar-refractivity contribution in [2.75, 3.05) is 6.54 Å². The molecule has 1 heterocycles. The highest BCUT2D eigenvalue weighted by Gasteiger charge is 2.22. The van der Waals surface area contributed by atoms with E-state index in [1.807, 2.05) is 6.92 Å². The number of hydrogen-bond donors (Lipinski definition) is 1. The van der Waals surface area contributed by atoms with Crippen molar-refractivity contribution >= 4 is 11.5 Å². The van der Waals surface area contributed by atoms with Crippen LogP contribution in [0.25, 0.3) is 0 Å². The highest BCUT2D eigenvalue weighted by Crippen LogP contribution is 2.28. The predicted molar refractivity (Wildman–Crippen MR) is 66.5 cm³/mol. The topological polar surface area (TPSA) is 37.8 Å². The van der Waals surface area contributed by atoms with Crippen LogP contribution in [0, 0.1) is 18.6 Å². The minimum atomic E-state index is -0.454. The Morgan fingerprint density at radius 2 is 2.17 bits per heavy atom. The molecule has 0 saturated heterocycles. The zero-order valence-corrected chi connectivity index (χ0v) is 10.9. The fourth-order valence-corrected chi connectivity index (χ4v) is 2.53. The monoisotopic (exact) mass is 269 g/mol. The summed E-state index contributed by atoms with van der Waals surface area (Å²) in [5.74, 6) is -0.889. The van der Waals surface area contributed by atoms with Gasteiger partial charge in [-0.15, -0.1) is 5.10 Å². The van der Waals surface area contributed by atoms with Gasteiger partial charge in [-0.3, -0.25) is 0 Å². The summed E-state index contributed by atoms with van der Waals surface area (Å²) >= 11 is 1.19. The average molecular weight is 269 g/mol. The normalized spacial score (nSPS) is 12.7. The molecular formula is C12H13F2N3S. The van der Waals surface area contributed by atoms with Crippen molar-refractivity contribution in [1.29, 1.82) is 0 Å². The molecule has 96 valence electrons. The molecule has 0 radical (unpaired) electrons. The van der Waals surface area contributed by atoms with Crippen molar-refractivity contribution in [1.82, 2.24) is 14.9 Å². The maximum Gasteiger partial charge on any atom is 0.128 e. The van der Waals surface area contributed by atoms with Crippen molar-refractivity contribution in [2.45, 2.75) is 19.9 Å². The summed E-state index contributed by atoms with van der Waals surface area (Å²) in [4.78, 5) is 0.807. The third kappa shape index (κ3) is 2.54. The van der Waals surface area contributed by atoms with Gasteiger partial charge < -0.3 is 5.32 Å². The smallest absolute Gasteiger partial charge is 0.128 e. The molecule has 2 aromatic rings. The molecule has 1 aromatic carbocycles. The molecule has 1 N–H and O–H groups in total. The van der Waals surface area contributed by atoms with Crippen molar-refractivity contribution in [2.24, 2.45) is 0 Å². The van der Waals surface area contributed by atoms with E-state index in [4.69, 9.17) is 0 Å². The van der Waals surface area contributed by atoms with Gasteiger partial charge in [-0.05, 0) is 43.2 Å². The van der Waals surface area contributed by atoms with E-state index >= 15 is 0 Å². The van der Waals surface area contributed by atoms with E-state index in [9.17, 15) is 8.78 Å². The van der Waals surface area contributed by atoms with E-state index in [0.29, 0.717) is 6.54 Å². The zero-order chi connectivity index (χ0) is 13.1. The number of hydrogen-bond acceptors (Lipinski definition) is 4. The van der Waals surface area contributed by atoms with E-state index in [2.05, 4.69) is 14.9 Å². The van der Waals surface area contributed by atoms with Gasteiger partial charge in [0.05, 0.1) is 16.6 Å². The number of aryl methyl sites for hydroxylation is 1. The molecule has 0 aliphatic rings. The minimum absolute atomic E-state index is 0.283. The van der Waals surface area contributed by atoms with Gasteiger partial charge in [0.15, 0.2) is 0 Å². The first-order valence-corrected chi connectivity index (χ1v) is 6.38. The molecule has 18 heavy (non-hydrogen) atoms. The van der Waals surface area contributed by atoms with Gasteiger partial charge in [-0.1, -0.05) is 11.4 Å². The Bertz CT molecular complexity index is 542. The van der Waals surface area contributed by atoms with Crippen molar-refractivity contribution in [3.05, 3.63) is 46.0 Å². The largest absolute Gasteiger partial charge is 0.306 e. The molecule has 0 aliphatic carbocycles. The molecule has 0 amide bonds. The number of benzene rings is 1. The second kappa shape index (κ2) is 5.49. The Hall–Kier alpha value is -1.40. The molecule has 1 unspecified atom stereocenters. The summed E-state index contributed by atoms with van der Waals surface area (Å²) < 4.78 is 30.9. The predicted octanol–water partition coefficient (Wildman–Crippen LogP) is 2.82. The standard InChI is InChI=1S/C12H13F2N3S/c1-3-15-11(12-7(2)16-17-18-12)9-6-8(13)4-5-10(9)14/h4-6,11,15H,3H2,1-2H3. The van der Waals surface area contributed by atoms with Crippen LogP contribution in [0.4, 0.5) is 8.78 Å². The molecule has 0 aliphatic heterocycles.